The predicted molar refractivity (Wildman–Crippen MR) is 72.2 cm³/mol. The molecule has 0 aliphatic carbocycles. The first-order chi connectivity index (χ1) is 9.74. The number of hydrogen-bond donors (Lipinski definition) is 2. The van der Waals surface area contributed by atoms with E-state index in [1.807, 2.05) is 13.0 Å². The first-order valence-corrected chi connectivity index (χ1v) is 6.76. The summed E-state index contributed by atoms with van der Waals surface area (Å²) in [5, 5.41) is 9.73. The Balaban J connectivity index is 1.65. The number of nitrogens with zero attached hydrogens (tertiary/aromatic N) is 1. The second kappa shape index (κ2) is 5.50. The van der Waals surface area contributed by atoms with Crippen molar-refractivity contribution in [2.24, 2.45) is 0 Å². The molecule has 2 atom stereocenters. The molecule has 0 bridgehead atoms. The standard InChI is InChI=1S/C14H17N3O3/c1-9(12-4-2-6-19-12)15-14(18)11-8-10(16-17-11)13-5-3-7-20-13/h3,5,7-9,12H,2,4,6H2,1H3,(H,15,18)(H,16,17)/t9-,12+/m1/s1. The van der Waals surface area contributed by atoms with Crippen molar-refractivity contribution in [2.45, 2.75) is 31.9 Å². The molecule has 1 aliphatic rings. The van der Waals surface area contributed by atoms with Gasteiger partial charge in [-0.2, -0.15) is 5.10 Å². The lowest BCUT2D eigenvalue weighted by atomic mass is 10.1. The van der Waals surface area contributed by atoms with E-state index in [2.05, 4.69) is 15.5 Å². The van der Waals surface area contributed by atoms with Gasteiger partial charge in [-0.3, -0.25) is 9.89 Å². The van der Waals surface area contributed by atoms with Gasteiger partial charge in [-0.25, -0.2) is 0 Å². The smallest absolute Gasteiger partial charge is 0.272 e. The molecule has 6 heteroatoms. The Morgan fingerprint density at radius 3 is 3.20 bits per heavy atom. The van der Waals surface area contributed by atoms with Gasteiger partial charge in [0.2, 0.25) is 0 Å². The molecule has 0 spiro atoms. The highest BCUT2D eigenvalue weighted by molar-refractivity contribution is 5.93. The van der Waals surface area contributed by atoms with Gasteiger partial charge in [0.1, 0.15) is 5.69 Å². The third-order valence-electron chi connectivity index (χ3n) is 3.48. The van der Waals surface area contributed by atoms with Gasteiger partial charge in [0.15, 0.2) is 11.5 Å². The number of carbonyl (C=O) groups excluding carboxylic acids is 1. The minimum absolute atomic E-state index is 0.0197. The summed E-state index contributed by atoms with van der Waals surface area (Å²) in [6, 6.07) is 5.25. The summed E-state index contributed by atoms with van der Waals surface area (Å²) in [5.74, 6) is 0.450. The SMILES string of the molecule is C[C@@H](NC(=O)c1cc(-c2ccco2)[nH]n1)[C@@H]1CCCO1. The fourth-order valence-corrected chi connectivity index (χ4v) is 2.37. The van der Waals surface area contributed by atoms with Gasteiger partial charge < -0.3 is 14.5 Å². The van der Waals surface area contributed by atoms with Crippen LogP contribution in [0, 0.1) is 0 Å². The monoisotopic (exact) mass is 275 g/mol. The fraction of sp³-hybridized carbons (Fsp3) is 0.429. The van der Waals surface area contributed by atoms with Crippen LogP contribution in [-0.4, -0.2) is 34.9 Å². The third-order valence-corrected chi connectivity index (χ3v) is 3.48. The summed E-state index contributed by atoms with van der Waals surface area (Å²) in [7, 11) is 0. The van der Waals surface area contributed by atoms with Gasteiger partial charge >= 0.3 is 0 Å². The summed E-state index contributed by atoms with van der Waals surface area (Å²) in [4.78, 5) is 12.1. The first-order valence-electron chi connectivity index (χ1n) is 6.76. The number of hydrogen-bond acceptors (Lipinski definition) is 4. The molecule has 1 amide bonds. The van der Waals surface area contributed by atoms with Crippen LogP contribution in [-0.2, 0) is 4.74 Å². The maximum Gasteiger partial charge on any atom is 0.272 e. The number of furan rings is 1. The lowest BCUT2D eigenvalue weighted by Crippen LogP contribution is -2.40. The van der Waals surface area contributed by atoms with E-state index in [0.29, 0.717) is 17.1 Å². The van der Waals surface area contributed by atoms with Crippen molar-refractivity contribution in [3.05, 3.63) is 30.2 Å². The highest BCUT2D eigenvalue weighted by Crippen LogP contribution is 2.18. The zero-order valence-electron chi connectivity index (χ0n) is 11.3. The zero-order chi connectivity index (χ0) is 13.9. The number of aromatic amines is 1. The van der Waals surface area contributed by atoms with Gasteiger partial charge in [-0.15, -0.1) is 0 Å². The second-order valence-corrected chi connectivity index (χ2v) is 4.96. The zero-order valence-corrected chi connectivity index (χ0v) is 11.3. The Hall–Kier alpha value is -2.08. The van der Waals surface area contributed by atoms with Crippen molar-refractivity contribution in [1.82, 2.24) is 15.5 Å². The Bertz CT molecular complexity index is 570. The molecule has 2 N–H and O–H groups in total. The van der Waals surface area contributed by atoms with Crippen molar-refractivity contribution >= 4 is 5.91 Å². The van der Waals surface area contributed by atoms with Crippen molar-refractivity contribution in [3.8, 4) is 11.5 Å². The third kappa shape index (κ3) is 2.60. The summed E-state index contributed by atoms with van der Waals surface area (Å²) < 4.78 is 10.8. The molecule has 6 nitrogen and oxygen atoms in total. The van der Waals surface area contributed by atoms with E-state index >= 15 is 0 Å². The molecule has 0 saturated carbocycles. The molecule has 2 aromatic rings. The van der Waals surface area contributed by atoms with Crippen molar-refractivity contribution in [1.29, 1.82) is 0 Å². The van der Waals surface area contributed by atoms with E-state index < -0.39 is 0 Å². The number of H-pyrrole nitrogens is 1. The molecule has 106 valence electrons. The van der Waals surface area contributed by atoms with Crippen LogP contribution in [0.15, 0.2) is 28.9 Å². The number of rotatable bonds is 4. The van der Waals surface area contributed by atoms with E-state index in [1.54, 1.807) is 18.4 Å². The molecule has 3 rings (SSSR count). The Morgan fingerprint density at radius 2 is 2.50 bits per heavy atom. The lowest BCUT2D eigenvalue weighted by Gasteiger charge is -2.19. The topological polar surface area (TPSA) is 80.2 Å². The van der Waals surface area contributed by atoms with Crippen LogP contribution in [0.25, 0.3) is 11.5 Å². The van der Waals surface area contributed by atoms with E-state index in [0.717, 1.165) is 19.4 Å². The molecule has 1 fully saturated rings. The normalized spacial score (nSPS) is 19.9. The van der Waals surface area contributed by atoms with E-state index in [9.17, 15) is 4.79 Å². The number of ether oxygens (including phenoxy) is 1. The average Bonchev–Trinajstić information content (AvgIpc) is 3.19. The van der Waals surface area contributed by atoms with Gasteiger partial charge in [0.05, 0.1) is 18.4 Å². The fourth-order valence-electron chi connectivity index (χ4n) is 2.37. The van der Waals surface area contributed by atoms with Gasteiger partial charge in [-0.05, 0) is 31.9 Å². The highest BCUT2D eigenvalue weighted by atomic mass is 16.5. The minimum Gasteiger partial charge on any atom is -0.463 e. The van der Waals surface area contributed by atoms with Crippen LogP contribution in [0.2, 0.25) is 0 Å². The van der Waals surface area contributed by atoms with E-state index in [-0.39, 0.29) is 18.1 Å². The van der Waals surface area contributed by atoms with Gasteiger partial charge in [0, 0.05) is 12.7 Å². The number of nitrogens with one attached hydrogen (secondary N) is 2. The summed E-state index contributed by atoms with van der Waals surface area (Å²) in [6.07, 6.45) is 3.72. The minimum atomic E-state index is -0.206. The maximum atomic E-state index is 12.1. The van der Waals surface area contributed by atoms with Crippen LogP contribution >= 0.6 is 0 Å². The van der Waals surface area contributed by atoms with Crippen LogP contribution in [0.3, 0.4) is 0 Å². The molecule has 2 aromatic heterocycles. The van der Waals surface area contributed by atoms with Crippen LogP contribution < -0.4 is 5.32 Å². The summed E-state index contributed by atoms with van der Waals surface area (Å²) >= 11 is 0. The molecule has 1 saturated heterocycles. The molecule has 0 aromatic carbocycles. The molecule has 20 heavy (non-hydrogen) atoms. The van der Waals surface area contributed by atoms with E-state index in [4.69, 9.17) is 9.15 Å². The second-order valence-electron chi connectivity index (χ2n) is 4.96. The molecule has 3 heterocycles. The lowest BCUT2D eigenvalue weighted by molar-refractivity contribution is 0.0709. The number of carbonyl (C=O) groups is 1. The van der Waals surface area contributed by atoms with Crippen LogP contribution in [0.4, 0.5) is 0 Å². The largest absolute Gasteiger partial charge is 0.463 e. The quantitative estimate of drug-likeness (QED) is 0.894. The van der Waals surface area contributed by atoms with Crippen molar-refractivity contribution < 1.29 is 13.9 Å². The molecule has 0 radical (unpaired) electrons. The maximum absolute atomic E-state index is 12.1. The average molecular weight is 275 g/mol. The number of amides is 1. The molecular formula is C14H17N3O3. The Morgan fingerprint density at radius 1 is 1.60 bits per heavy atom. The van der Waals surface area contributed by atoms with Crippen LogP contribution in [0.1, 0.15) is 30.3 Å². The van der Waals surface area contributed by atoms with Gasteiger partial charge in [-0.1, -0.05) is 0 Å². The molecule has 1 aliphatic heterocycles. The van der Waals surface area contributed by atoms with Crippen LogP contribution in [0.5, 0.6) is 0 Å². The Kier molecular flexibility index (Phi) is 3.56. The summed E-state index contributed by atoms with van der Waals surface area (Å²) in [6.45, 7) is 2.73. The number of aromatic nitrogens is 2. The molecule has 0 unspecified atom stereocenters. The summed E-state index contributed by atoms with van der Waals surface area (Å²) in [5.41, 5.74) is 1.03. The Labute approximate surface area is 116 Å². The highest BCUT2D eigenvalue weighted by Gasteiger charge is 2.24. The van der Waals surface area contributed by atoms with E-state index in [1.165, 1.54) is 0 Å². The van der Waals surface area contributed by atoms with Crippen molar-refractivity contribution in [2.75, 3.05) is 6.61 Å². The van der Waals surface area contributed by atoms with Crippen molar-refractivity contribution in [3.63, 3.8) is 0 Å². The predicted octanol–water partition coefficient (Wildman–Crippen LogP) is 1.97. The first kappa shape index (κ1) is 12.9. The molecular weight excluding hydrogens is 258 g/mol. The van der Waals surface area contributed by atoms with Gasteiger partial charge in [0.25, 0.3) is 5.91 Å².